The van der Waals surface area contributed by atoms with Gasteiger partial charge in [-0.15, -0.1) is 0 Å². The summed E-state index contributed by atoms with van der Waals surface area (Å²) in [5.41, 5.74) is -0.423. The summed E-state index contributed by atoms with van der Waals surface area (Å²) in [6.45, 7) is 19.6. The van der Waals surface area contributed by atoms with Gasteiger partial charge < -0.3 is 29.6 Å². The molecule has 0 bridgehead atoms. The molecule has 0 radical (unpaired) electrons. The van der Waals surface area contributed by atoms with Crippen molar-refractivity contribution in [3.05, 3.63) is 0 Å². The van der Waals surface area contributed by atoms with Gasteiger partial charge in [-0.25, -0.2) is 0 Å². The number of hydrogen-bond donors (Lipinski definition) is 2. The van der Waals surface area contributed by atoms with Gasteiger partial charge in [0, 0.05) is 44.2 Å². The Morgan fingerprint density at radius 1 is 0.705 bits per heavy atom. The summed E-state index contributed by atoms with van der Waals surface area (Å²) in [4.78, 5) is 51.4. The Labute approximate surface area is 267 Å². The van der Waals surface area contributed by atoms with E-state index >= 15 is 0 Å². The molecule has 0 rings (SSSR count). The normalized spacial score (nSPS) is 13.5. The zero-order valence-corrected chi connectivity index (χ0v) is 29.3. The number of carbonyl (C=O) groups is 4. The van der Waals surface area contributed by atoms with Crippen molar-refractivity contribution in [1.82, 2.24) is 10.6 Å². The molecule has 44 heavy (non-hydrogen) atoms. The number of carbonyl (C=O) groups excluding carboxylic acids is 4. The lowest BCUT2D eigenvalue weighted by molar-refractivity contribution is -0.135. The van der Waals surface area contributed by atoms with Gasteiger partial charge in [0.25, 0.3) is 0 Å². The van der Waals surface area contributed by atoms with Crippen LogP contribution in [0, 0.1) is 22.7 Å². The van der Waals surface area contributed by atoms with Gasteiger partial charge in [-0.2, -0.15) is 0 Å². The molecule has 0 aromatic heterocycles. The molecule has 2 N–H and O–H groups in total. The SMILES string of the molecule is COCCOCCOCCOCCC(=O)NCCCC[C@H](CC(=O)[C@@H](NC(=O)CCCC(C)(C)C)C(C)C)C(=O)C(C)(C)C. The number of nitrogens with one attached hydrogen (secondary N) is 2. The second-order valence-electron chi connectivity index (χ2n) is 14.1. The topological polar surface area (TPSA) is 129 Å². The number of hydrogen-bond acceptors (Lipinski definition) is 8. The molecule has 0 spiro atoms. The molecule has 0 saturated carbocycles. The second kappa shape index (κ2) is 23.5. The summed E-state index contributed by atoms with van der Waals surface area (Å²) in [5, 5.41) is 5.84. The molecule has 0 fully saturated rings. The van der Waals surface area contributed by atoms with Crippen LogP contribution in [0.1, 0.15) is 107 Å². The van der Waals surface area contributed by atoms with Gasteiger partial charge in [0.05, 0.1) is 52.3 Å². The summed E-state index contributed by atoms with van der Waals surface area (Å²) in [5.74, 6) is -0.752. The summed E-state index contributed by atoms with van der Waals surface area (Å²) >= 11 is 0. The monoisotopic (exact) mass is 628 g/mol. The largest absolute Gasteiger partial charge is 0.382 e. The van der Waals surface area contributed by atoms with Gasteiger partial charge in [0.2, 0.25) is 11.8 Å². The first-order valence-electron chi connectivity index (χ1n) is 16.4. The van der Waals surface area contributed by atoms with Crippen LogP contribution < -0.4 is 10.6 Å². The Morgan fingerprint density at radius 2 is 1.27 bits per heavy atom. The molecule has 0 aromatic carbocycles. The van der Waals surface area contributed by atoms with E-state index in [1.807, 2.05) is 34.6 Å². The van der Waals surface area contributed by atoms with E-state index in [-0.39, 0.29) is 47.6 Å². The van der Waals surface area contributed by atoms with Crippen molar-refractivity contribution < 1.29 is 38.1 Å². The van der Waals surface area contributed by atoms with Crippen molar-refractivity contribution in [2.75, 3.05) is 59.9 Å². The fraction of sp³-hybridized carbons (Fsp3) is 0.882. The third-order valence-electron chi connectivity index (χ3n) is 7.17. The number of ketones is 2. The van der Waals surface area contributed by atoms with E-state index in [1.165, 1.54) is 0 Å². The summed E-state index contributed by atoms with van der Waals surface area (Å²) in [6.07, 6.45) is 4.42. The number of Topliss-reactive ketones (excluding diaryl/α,β-unsaturated/α-hetero) is 2. The van der Waals surface area contributed by atoms with Crippen LogP contribution >= 0.6 is 0 Å². The molecule has 0 saturated heterocycles. The van der Waals surface area contributed by atoms with Crippen LogP contribution in [-0.2, 0) is 38.1 Å². The first-order chi connectivity index (χ1) is 20.6. The maximum absolute atomic E-state index is 13.4. The highest BCUT2D eigenvalue weighted by Gasteiger charge is 2.33. The lowest BCUT2D eigenvalue weighted by Gasteiger charge is -2.27. The lowest BCUT2D eigenvalue weighted by atomic mass is 9.77. The summed E-state index contributed by atoms with van der Waals surface area (Å²) in [6, 6.07) is -0.611. The molecule has 10 nitrogen and oxygen atoms in total. The van der Waals surface area contributed by atoms with Gasteiger partial charge in [0.15, 0.2) is 5.78 Å². The van der Waals surface area contributed by atoms with Gasteiger partial charge in [-0.3, -0.25) is 19.2 Å². The van der Waals surface area contributed by atoms with Gasteiger partial charge in [0.1, 0.15) is 5.78 Å². The van der Waals surface area contributed by atoms with E-state index in [0.717, 1.165) is 12.8 Å². The molecule has 258 valence electrons. The number of methoxy groups -OCH3 is 1. The Morgan fingerprint density at radius 3 is 1.80 bits per heavy atom. The first-order valence-corrected chi connectivity index (χ1v) is 16.4. The Balaban J connectivity index is 4.52. The molecule has 0 aliphatic rings. The van der Waals surface area contributed by atoms with E-state index in [2.05, 4.69) is 31.4 Å². The number of unbranched alkanes of at least 4 members (excludes halogenated alkanes) is 1. The van der Waals surface area contributed by atoms with Crippen LogP contribution in [0.25, 0.3) is 0 Å². The van der Waals surface area contributed by atoms with Crippen LogP contribution in [0.5, 0.6) is 0 Å². The average molecular weight is 629 g/mol. The molecule has 0 unspecified atom stereocenters. The number of rotatable bonds is 26. The molecular weight excluding hydrogens is 564 g/mol. The fourth-order valence-corrected chi connectivity index (χ4v) is 4.63. The minimum Gasteiger partial charge on any atom is -0.382 e. The van der Waals surface area contributed by atoms with Gasteiger partial charge in [-0.05, 0) is 37.0 Å². The van der Waals surface area contributed by atoms with Crippen LogP contribution in [-0.4, -0.2) is 89.3 Å². The maximum atomic E-state index is 13.4. The Bertz CT molecular complexity index is 817. The van der Waals surface area contributed by atoms with Crippen molar-refractivity contribution in [3.63, 3.8) is 0 Å². The number of ether oxygens (including phenoxy) is 4. The highest BCUT2D eigenvalue weighted by molar-refractivity contribution is 5.94. The minimum atomic E-state index is -0.611. The zero-order chi connectivity index (χ0) is 33.6. The lowest BCUT2D eigenvalue weighted by Crippen LogP contribution is -2.45. The van der Waals surface area contributed by atoms with Crippen LogP contribution in [0.2, 0.25) is 0 Å². The van der Waals surface area contributed by atoms with E-state index in [1.54, 1.807) is 7.11 Å². The Kier molecular flexibility index (Phi) is 22.5. The minimum absolute atomic E-state index is 0.0497. The van der Waals surface area contributed by atoms with E-state index < -0.39 is 17.4 Å². The van der Waals surface area contributed by atoms with Gasteiger partial charge in [-0.1, -0.05) is 61.8 Å². The molecule has 0 heterocycles. The van der Waals surface area contributed by atoms with Crippen LogP contribution in [0.15, 0.2) is 0 Å². The predicted octanol–water partition coefficient (Wildman–Crippen LogP) is 4.91. The molecular formula is C34H64N2O8. The third-order valence-corrected chi connectivity index (χ3v) is 7.17. The molecule has 0 aliphatic heterocycles. The van der Waals surface area contributed by atoms with E-state index in [9.17, 15) is 19.2 Å². The van der Waals surface area contributed by atoms with Crippen molar-refractivity contribution in [1.29, 1.82) is 0 Å². The smallest absolute Gasteiger partial charge is 0.222 e. The maximum Gasteiger partial charge on any atom is 0.222 e. The average Bonchev–Trinajstić information content (AvgIpc) is 2.91. The van der Waals surface area contributed by atoms with Crippen molar-refractivity contribution in [3.8, 4) is 0 Å². The van der Waals surface area contributed by atoms with Crippen LogP contribution in [0.4, 0.5) is 0 Å². The van der Waals surface area contributed by atoms with E-state index in [4.69, 9.17) is 18.9 Å². The first kappa shape index (κ1) is 42.1. The summed E-state index contributed by atoms with van der Waals surface area (Å²) < 4.78 is 21.1. The number of amides is 2. The van der Waals surface area contributed by atoms with Gasteiger partial charge >= 0.3 is 0 Å². The van der Waals surface area contributed by atoms with E-state index in [0.29, 0.717) is 78.5 Å². The molecule has 10 heteroatoms. The van der Waals surface area contributed by atoms with Crippen molar-refractivity contribution in [2.24, 2.45) is 22.7 Å². The fourth-order valence-electron chi connectivity index (χ4n) is 4.63. The summed E-state index contributed by atoms with van der Waals surface area (Å²) in [7, 11) is 1.63. The predicted molar refractivity (Wildman–Crippen MR) is 173 cm³/mol. The molecule has 2 atom stereocenters. The third kappa shape index (κ3) is 22.6. The zero-order valence-electron chi connectivity index (χ0n) is 29.3. The second-order valence-corrected chi connectivity index (χ2v) is 14.1. The molecule has 2 amide bonds. The van der Waals surface area contributed by atoms with Crippen molar-refractivity contribution in [2.45, 2.75) is 113 Å². The highest BCUT2D eigenvalue weighted by atomic mass is 16.6. The Hall–Kier alpha value is -1.88. The molecule has 0 aliphatic carbocycles. The standard InChI is InChI=1S/C34H64N2O8/c1-26(2)31(36-30(39)14-12-16-33(3,4)5)28(37)25-27(32(40)34(6,7)8)13-10-11-17-35-29(38)15-18-42-21-22-44-24-23-43-20-19-41-9/h26-27,31H,10-25H2,1-9H3,(H,35,38)(H,36,39)/t27-,31+/m1/s1. The van der Waals surface area contributed by atoms with Crippen molar-refractivity contribution >= 4 is 23.4 Å². The quantitative estimate of drug-likeness (QED) is 0.129. The molecule has 0 aromatic rings. The van der Waals surface area contributed by atoms with Crippen LogP contribution in [0.3, 0.4) is 0 Å². The highest BCUT2D eigenvalue weighted by Crippen LogP contribution is 2.27.